The molecular weight excluding hydrogens is 189 g/mol. The van der Waals surface area contributed by atoms with E-state index in [9.17, 15) is 8.60 Å². The third kappa shape index (κ3) is 1.37. The zero-order chi connectivity index (χ0) is 9.42. The highest BCUT2D eigenvalue weighted by molar-refractivity contribution is 7.84. The molecule has 1 unspecified atom stereocenters. The highest BCUT2D eigenvalue weighted by Gasteiger charge is 2.06. The summed E-state index contributed by atoms with van der Waals surface area (Å²) < 4.78 is 24.0. The van der Waals surface area contributed by atoms with Crippen molar-refractivity contribution in [1.29, 1.82) is 0 Å². The Morgan fingerprint density at radius 2 is 2.23 bits per heavy atom. The Morgan fingerprint density at radius 1 is 1.46 bits per heavy atom. The molecule has 0 aliphatic heterocycles. The molecule has 0 amide bonds. The number of halogens is 1. The molecule has 1 aromatic carbocycles. The van der Waals surface area contributed by atoms with Gasteiger partial charge < -0.3 is 4.98 Å². The van der Waals surface area contributed by atoms with Crippen LogP contribution in [0, 0.1) is 5.82 Å². The number of nitrogens with one attached hydrogen (secondary N) is 1. The highest BCUT2D eigenvalue weighted by atomic mass is 32.2. The van der Waals surface area contributed by atoms with E-state index in [0.29, 0.717) is 10.3 Å². The number of benzene rings is 1. The first-order valence-corrected chi connectivity index (χ1v) is 5.34. The van der Waals surface area contributed by atoms with Crippen molar-refractivity contribution in [3.05, 3.63) is 30.2 Å². The van der Waals surface area contributed by atoms with Gasteiger partial charge in [-0.25, -0.2) is 4.39 Å². The number of rotatable bonds is 1. The van der Waals surface area contributed by atoms with Gasteiger partial charge in [0.15, 0.2) is 0 Å². The van der Waals surface area contributed by atoms with Crippen LogP contribution >= 0.6 is 0 Å². The lowest BCUT2D eigenvalue weighted by Crippen LogP contribution is -1.84. The quantitative estimate of drug-likeness (QED) is 0.745. The van der Waals surface area contributed by atoms with Crippen LogP contribution in [-0.2, 0) is 10.8 Å². The van der Waals surface area contributed by atoms with Crippen LogP contribution in [-0.4, -0.2) is 15.4 Å². The molecule has 0 spiro atoms. The van der Waals surface area contributed by atoms with E-state index in [1.165, 1.54) is 12.1 Å². The Labute approximate surface area is 77.2 Å². The van der Waals surface area contributed by atoms with Gasteiger partial charge >= 0.3 is 0 Å². The predicted octanol–water partition coefficient (Wildman–Crippen LogP) is 2.04. The lowest BCUT2D eigenvalue weighted by molar-refractivity contribution is 0.629. The van der Waals surface area contributed by atoms with Crippen LogP contribution in [0.1, 0.15) is 0 Å². The van der Waals surface area contributed by atoms with Crippen LogP contribution in [0.3, 0.4) is 0 Å². The van der Waals surface area contributed by atoms with Gasteiger partial charge in [0.25, 0.3) is 0 Å². The molecule has 0 radical (unpaired) electrons. The summed E-state index contributed by atoms with van der Waals surface area (Å²) in [5, 5.41) is 0.695. The Morgan fingerprint density at radius 3 is 2.92 bits per heavy atom. The van der Waals surface area contributed by atoms with E-state index in [4.69, 9.17) is 0 Å². The summed E-state index contributed by atoms with van der Waals surface area (Å²) in [5.41, 5.74) is 0.812. The van der Waals surface area contributed by atoms with E-state index < -0.39 is 10.8 Å². The van der Waals surface area contributed by atoms with Gasteiger partial charge in [0.1, 0.15) is 5.82 Å². The second kappa shape index (κ2) is 2.96. The second-order valence-corrected chi connectivity index (χ2v) is 4.15. The van der Waals surface area contributed by atoms with Gasteiger partial charge in [0.2, 0.25) is 0 Å². The van der Waals surface area contributed by atoms with Crippen molar-refractivity contribution in [3.8, 4) is 0 Å². The van der Waals surface area contributed by atoms with E-state index in [2.05, 4.69) is 4.98 Å². The summed E-state index contributed by atoms with van der Waals surface area (Å²) in [7, 11) is -1.08. The molecule has 0 saturated carbocycles. The van der Waals surface area contributed by atoms with Gasteiger partial charge in [-0.05, 0) is 18.2 Å². The summed E-state index contributed by atoms with van der Waals surface area (Å²) in [4.78, 5) is 3.58. The molecule has 1 N–H and O–H groups in total. The first kappa shape index (κ1) is 8.44. The minimum atomic E-state index is -1.08. The maximum Gasteiger partial charge on any atom is 0.124 e. The SMILES string of the molecule is CS(=O)c1c[nH]c2ccc(F)cc12. The van der Waals surface area contributed by atoms with E-state index >= 15 is 0 Å². The molecule has 68 valence electrons. The normalized spacial score (nSPS) is 13.4. The first-order valence-electron chi connectivity index (χ1n) is 3.78. The molecule has 1 aromatic heterocycles. The van der Waals surface area contributed by atoms with Gasteiger partial charge in [-0.15, -0.1) is 0 Å². The second-order valence-electron chi connectivity index (χ2n) is 2.80. The zero-order valence-electron chi connectivity index (χ0n) is 7.00. The van der Waals surface area contributed by atoms with Gasteiger partial charge in [0.05, 0.1) is 15.7 Å². The number of fused-ring (bicyclic) bond motifs is 1. The van der Waals surface area contributed by atoms with E-state index in [1.54, 1.807) is 18.5 Å². The summed E-state index contributed by atoms with van der Waals surface area (Å²) in [6, 6.07) is 4.41. The summed E-state index contributed by atoms with van der Waals surface area (Å²) in [6.07, 6.45) is 3.23. The molecule has 2 rings (SSSR count). The van der Waals surface area contributed by atoms with Crippen molar-refractivity contribution < 1.29 is 8.60 Å². The van der Waals surface area contributed by atoms with Crippen molar-refractivity contribution in [2.75, 3.05) is 6.26 Å². The highest BCUT2D eigenvalue weighted by Crippen LogP contribution is 2.21. The van der Waals surface area contributed by atoms with Crippen LogP contribution in [0.4, 0.5) is 4.39 Å². The van der Waals surface area contributed by atoms with Crippen LogP contribution in [0.15, 0.2) is 29.3 Å². The van der Waals surface area contributed by atoms with Gasteiger partial charge in [-0.2, -0.15) is 0 Å². The zero-order valence-corrected chi connectivity index (χ0v) is 7.82. The molecule has 2 aromatic rings. The third-order valence-electron chi connectivity index (χ3n) is 1.92. The maximum absolute atomic E-state index is 12.8. The molecule has 0 saturated heterocycles. The lowest BCUT2D eigenvalue weighted by Gasteiger charge is -1.93. The maximum atomic E-state index is 12.8. The average Bonchev–Trinajstić information content (AvgIpc) is 2.46. The first-order chi connectivity index (χ1) is 6.18. The van der Waals surface area contributed by atoms with Gasteiger partial charge in [-0.3, -0.25) is 4.21 Å². The number of aromatic amines is 1. The van der Waals surface area contributed by atoms with Crippen molar-refractivity contribution >= 4 is 21.7 Å². The van der Waals surface area contributed by atoms with E-state index in [-0.39, 0.29) is 5.82 Å². The predicted molar refractivity (Wildman–Crippen MR) is 50.6 cm³/mol. The minimum absolute atomic E-state index is 0.307. The fourth-order valence-electron chi connectivity index (χ4n) is 1.31. The van der Waals surface area contributed by atoms with Crippen molar-refractivity contribution in [2.24, 2.45) is 0 Å². The fraction of sp³-hybridized carbons (Fsp3) is 0.111. The Bertz CT molecular complexity index is 477. The largest absolute Gasteiger partial charge is 0.360 e. The molecule has 1 atom stereocenters. The number of aromatic nitrogens is 1. The minimum Gasteiger partial charge on any atom is -0.360 e. The molecule has 2 nitrogen and oxygen atoms in total. The number of H-pyrrole nitrogens is 1. The Hall–Kier alpha value is -1.16. The molecular formula is C9H8FNOS. The van der Waals surface area contributed by atoms with Crippen LogP contribution < -0.4 is 0 Å². The van der Waals surface area contributed by atoms with Crippen molar-refractivity contribution in [1.82, 2.24) is 4.98 Å². The molecule has 0 aliphatic carbocycles. The van der Waals surface area contributed by atoms with Crippen LogP contribution in [0.2, 0.25) is 0 Å². The molecule has 0 bridgehead atoms. The molecule has 13 heavy (non-hydrogen) atoms. The Balaban J connectivity index is 2.79. The Kier molecular flexibility index (Phi) is 1.92. The topological polar surface area (TPSA) is 32.9 Å². The summed E-state index contributed by atoms with van der Waals surface area (Å²) in [6.45, 7) is 0. The molecule has 4 heteroatoms. The fourth-order valence-corrected chi connectivity index (χ4v) is 2.01. The van der Waals surface area contributed by atoms with Gasteiger partial charge in [-0.1, -0.05) is 0 Å². The van der Waals surface area contributed by atoms with Crippen LogP contribution in [0.5, 0.6) is 0 Å². The van der Waals surface area contributed by atoms with Crippen LogP contribution in [0.25, 0.3) is 10.9 Å². The van der Waals surface area contributed by atoms with Crippen molar-refractivity contribution in [3.63, 3.8) is 0 Å². The van der Waals surface area contributed by atoms with E-state index in [0.717, 1.165) is 5.52 Å². The smallest absolute Gasteiger partial charge is 0.124 e. The van der Waals surface area contributed by atoms with E-state index in [1.807, 2.05) is 0 Å². The number of hydrogen-bond donors (Lipinski definition) is 1. The third-order valence-corrected chi connectivity index (χ3v) is 2.87. The average molecular weight is 197 g/mol. The monoisotopic (exact) mass is 197 g/mol. The van der Waals surface area contributed by atoms with Crippen molar-refractivity contribution in [2.45, 2.75) is 4.90 Å². The standard InChI is InChI=1S/C9H8FNOS/c1-13(12)9-5-11-8-3-2-6(10)4-7(8)9/h2-5,11H,1H3. The summed E-state index contributed by atoms with van der Waals surface area (Å²) in [5.74, 6) is -0.307. The number of hydrogen-bond acceptors (Lipinski definition) is 1. The molecule has 0 aliphatic rings. The summed E-state index contributed by atoms with van der Waals surface area (Å²) >= 11 is 0. The van der Waals surface area contributed by atoms with Gasteiger partial charge in [0, 0.05) is 23.4 Å². The molecule has 1 heterocycles. The molecule has 0 fully saturated rings. The lowest BCUT2D eigenvalue weighted by atomic mass is 10.2.